The Kier molecular flexibility index (Phi) is 5.76. The topological polar surface area (TPSA) is 38.7 Å². The molecule has 0 spiro atoms. The average Bonchev–Trinajstić information content (AvgIpc) is 2.73. The lowest BCUT2D eigenvalue weighted by Gasteiger charge is -2.32. The summed E-state index contributed by atoms with van der Waals surface area (Å²) in [6.45, 7) is 6.69. The predicted octanol–water partition coefficient (Wildman–Crippen LogP) is 5.55. The number of ether oxygens (including phenoxy) is 2. The van der Waals surface area contributed by atoms with Crippen LogP contribution in [0.2, 0.25) is 0 Å². The molecule has 0 amide bonds. The van der Waals surface area contributed by atoms with Gasteiger partial charge in [-0.3, -0.25) is 0 Å². The molecule has 0 radical (unpaired) electrons. The van der Waals surface area contributed by atoms with Gasteiger partial charge in [0.25, 0.3) is 0 Å². The number of hydrogen-bond acceptors (Lipinski definition) is 3. The Morgan fingerprint density at radius 1 is 0.714 bits per heavy atom. The van der Waals surface area contributed by atoms with Crippen LogP contribution in [-0.4, -0.2) is 24.4 Å². The van der Waals surface area contributed by atoms with Crippen molar-refractivity contribution in [3.63, 3.8) is 0 Å². The summed E-state index contributed by atoms with van der Waals surface area (Å²) in [5.41, 5.74) is 2.78. The zero-order valence-electron chi connectivity index (χ0n) is 17.0. The quantitative estimate of drug-likeness (QED) is 0.550. The van der Waals surface area contributed by atoms with Gasteiger partial charge in [0.1, 0.15) is 18.1 Å². The molecular weight excluding hydrogens is 348 g/mol. The first-order chi connectivity index (χ1) is 13.3. The Morgan fingerprint density at radius 3 is 1.75 bits per heavy atom. The van der Waals surface area contributed by atoms with Gasteiger partial charge >= 0.3 is 0 Å². The minimum absolute atomic E-state index is 0.267. The van der Waals surface area contributed by atoms with Crippen molar-refractivity contribution < 1.29 is 14.6 Å². The first-order valence-corrected chi connectivity index (χ1v) is 9.49. The van der Waals surface area contributed by atoms with Gasteiger partial charge in [-0.1, -0.05) is 54.6 Å². The monoisotopic (exact) mass is 376 g/mol. The molecule has 146 valence electrons. The highest BCUT2D eigenvalue weighted by atomic mass is 16.5. The maximum Gasteiger partial charge on any atom is 0.119 e. The van der Waals surface area contributed by atoms with Gasteiger partial charge in [-0.25, -0.2) is 0 Å². The summed E-state index contributed by atoms with van der Waals surface area (Å²) in [7, 11) is 1.69. The lowest BCUT2D eigenvalue weighted by Crippen LogP contribution is -2.30. The van der Waals surface area contributed by atoms with Crippen molar-refractivity contribution in [1.29, 1.82) is 0 Å². The second-order valence-corrected chi connectivity index (χ2v) is 7.81. The number of hydrogen-bond donors (Lipinski definition) is 1. The first-order valence-electron chi connectivity index (χ1n) is 9.49. The van der Waals surface area contributed by atoms with Crippen molar-refractivity contribution in [3.05, 3.63) is 95.6 Å². The summed E-state index contributed by atoms with van der Waals surface area (Å²) in [4.78, 5) is 0. The van der Waals surface area contributed by atoms with E-state index >= 15 is 0 Å². The maximum atomic E-state index is 9.72. The third-order valence-corrected chi connectivity index (χ3v) is 5.37. The molecule has 1 N–H and O–H groups in total. The number of phenolic OH excluding ortho intramolecular Hbond substituents is 1. The van der Waals surface area contributed by atoms with Gasteiger partial charge in [0, 0.05) is 12.5 Å². The Balaban J connectivity index is 1.96. The number of aromatic hydroxyl groups is 1. The second kappa shape index (κ2) is 8.07. The van der Waals surface area contributed by atoms with Gasteiger partial charge < -0.3 is 14.6 Å². The number of phenols is 1. The first kappa shape index (κ1) is 20.0. The van der Waals surface area contributed by atoms with E-state index in [0.29, 0.717) is 6.61 Å². The van der Waals surface area contributed by atoms with Crippen molar-refractivity contribution >= 4 is 0 Å². The van der Waals surface area contributed by atoms with Crippen LogP contribution in [0.4, 0.5) is 0 Å². The Morgan fingerprint density at radius 2 is 1.21 bits per heavy atom. The third-order valence-electron chi connectivity index (χ3n) is 5.37. The van der Waals surface area contributed by atoms with E-state index in [-0.39, 0.29) is 16.8 Å². The van der Waals surface area contributed by atoms with Gasteiger partial charge in [0.2, 0.25) is 0 Å². The summed E-state index contributed by atoms with van der Waals surface area (Å²) in [5.74, 6) is 1.08. The van der Waals surface area contributed by atoms with E-state index in [1.54, 1.807) is 19.2 Å². The van der Waals surface area contributed by atoms with E-state index in [4.69, 9.17) is 9.47 Å². The van der Waals surface area contributed by atoms with Crippen molar-refractivity contribution in [2.45, 2.75) is 31.8 Å². The normalized spacial score (nSPS) is 13.7. The predicted molar refractivity (Wildman–Crippen MR) is 113 cm³/mol. The van der Waals surface area contributed by atoms with E-state index in [2.05, 4.69) is 43.3 Å². The van der Waals surface area contributed by atoms with Gasteiger partial charge in [-0.15, -0.1) is 0 Å². The molecular formula is C25H28O3. The van der Waals surface area contributed by atoms with E-state index < -0.39 is 0 Å². The van der Waals surface area contributed by atoms with Crippen molar-refractivity contribution in [3.8, 4) is 11.5 Å². The summed E-state index contributed by atoms with van der Waals surface area (Å²) in [5, 5.41) is 9.72. The molecule has 3 aromatic rings. The molecule has 3 rings (SSSR count). The molecule has 28 heavy (non-hydrogen) atoms. The molecule has 3 aromatic carbocycles. The molecule has 0 aliphatic heterocycles. The summed E-state index contributed by atoms with van der Waals surface area (Å²) >= 11 is 0. The van der Waals surface area contributed by atoms with Crippen molar-refractivity contribution in [2.24, 2.45) is 0 Å². The highest BCUT2D eigenvalue weighted by molar-refractivity contribution is 5.51. The number of methoxy groups -OCH3 is 1. The molecule has 0 heterocycles. The average molecular weight is 376 g/mol. The van der Waals surface area contributed by atoms with E-state index in [1.807, 2.05) is 44.2 Å². The summed E-state index contributed by atoms with van der Waals surface area (Å²) in [6, 6.07) is 26.1. The molecule has 1 atom stereocenters. The zero-order valence-corrected chi connectivity index (χ0v) is 17.0. The zero-order chi connectivity index (χ0) is 20.2. The Labute approximate surface area is 167 Å². The minimum Gasteiger partial charge on any atom is -0.508 e. The van der Waals surface area contributed by atoms with Crippen LogP contribution in [0.25, 0.3) is 0 Å². The van der Waals surface area contributed by atoms with E-state index in [1.165, 1.54) is 5.56 Å². The van der Waals surface area contributed by atoms with Crippen LogP contribution in [0.1, 0.15) is 37.5 Å². The smallest absolute Gasteiger partial charge is 0.119 e. The van der Waals surface area contributed by atoms with Crippen LogP contribution >= 0.6 is 0 Å². The van der Waals surface area contributed by atoms with Crippen molar-refractivity contribution in [2.75, 3.05) is 13.7 Å². The lowest BCUT2D eigenvalue weighted by atomic mass is 9.71. The highest BCUT2D eigenvalue weighted by Crippen LogP contribution is 2.39. The maximum absolute atomic E-state index is 9.72. The highest BCUT2D eigenvalue weighted by Gasteiger charge is 2.31. The van der Waals surface area contributed by atoms with Crippen LogP contribution in [0, 0.1) is 0 Å². The van der Waals surface area contributed by atoms with Crippen molar-refractivity contribution in [1.82, 2.24) is 0 Å². The molecule has 3 heteroatoms. The molecule has 0 saturated carbocycles. The van der Waals surface area contributed by atoms with Crippen LogP contribution in [-0.2, 0) is 10.2 Å². The molecule has 1 unspecified atom stereocenters. The van der Waals surface area contributed by atoms with Gasteiger partial charge in [-0.05, 0) is 61.7 Å². The van der Waals surface area contributed by atoms with Crippen LogP contribution in [0.5, 0.6) is 11.5 Å². The minimum atomic E-state index is -0.348. The molecule has 0 saturated heterocycles. The van der Waals surface area contributed by atoms with Crippen LogP contribution in [0.15, 0.2) is 78.9 Å². The SMILES string of the molecule is COC(C)(C)COc1ccc(C(C)(c2ccccc2)c2ccc(O)cc2)cc1. The summed E-state index contributed by atoms with van der Waals surface area (Å²) in [6.07, 6.45) is 0. The third kappa shape index (κ3) is 4.20. The van der Waals surface area contributed by atoms with E-state index in [9.17, 15) is 5.11 Å². The second-order valence-electron chi connectivity index (χ2n) is 7.81. The fraction of sp³-hybridized carbons (Fsp3) is 0.280. The molecule has 3 nitrogen and oxygen atoms in total. The Hall–Kier alpha value is -2.78. The molecule has 0 bridgehead atoms. The van der Waals surface area contributed by atoms with E-state index in [0.717, 1.165) is 16.9 Å². The van der Waals surface area contributed by atoms with Crippen LogP contribution in [0.3, 0.4) is 0 Å². The fourth-order valence-electron chi connectivity index (χ4n) is 3.27. The Bertz CT molecular complexity index is 883. The van der Waals surface area contributed by atoms with Gasteiger partial charge in [0.15, 0.2) is 0 Å². The summed E-state index contributed by atoms with van der Waals surface area (Å²) < 4.78 is 11.3. The molecule has 0 aromatic heterocycles. The van der Waals surface area contributed by atoms with Gasteiger partial charge in [0.05, 0.1) is 5.60 Å². The van der Waals surface area contributed by atoms with Gasteiger partial charge in [-0.2, -0.15) is 0 Å². The van der Waals surface area contributed by atoms with Crippen LogP contribution < -0.4 is 4.74 Å². The fourth-order valence-corrected chi connectivity index (χ4v) is 3.27. The number of benzene rings is 3. The largest absolute Gasteiger partial charge is 0.508 e. The lowest BCUT2D eigenvalue weighted by molar-refractivity contribution is -0.0146. The standard InChI is InChI=1S/C25H28O3/c1-24(2,27-4)18-28-23-16-12-21(13-17-23)25(3,19-8-6-5-7-9-19)20-10-14-22(26)15-11-20/h5-17,26H,18H2,1-4H3. The number of rotatable bonds is 7. The molecule has 0 fully saturated rings. The molecule has 0 aliphatic carbocycles. The molecule has 0 aliphatic rings.